The second-order valence-electron chi connectivity index (χ2n) is 7.27. The Labute approximate surface area is 164 Å². The van der Waals surface area contributed by atoms with Gasteiger partial charge in [-0.25, -0.2) is 9.78 Å². The number of nitrogens with zero attached hydrogens (tertiary/aromatic N) is 1. The first kappa shape index (κ1) is 21.4. The van der Waals surface area contributed by atoms with Crippen LogP contribution in [0.25, 0.3) is 0 Å². The molecule has 1 unspecified atom stereocenters. The average Bonchev–Trinajstić information content (AvgIpc) is 2.65. The molecule has 2 N–H and O–H groups in total. The lowest BCUT2D eigenvalue weighted by atomic mass is 10.1. The fraction of sp³-hybridized carbons (Fsp3) is 0.381. The Bertz CT molecular complexity index is 770. The predicted molar refractivity (Wildman–Crippen MR) is 104 cm³/mol. The summed E-state index contributed by atoms with van der Waals surface area (Å²) >= 11 is 0. The normalized spacial score (nSPS) is 12.2. The number of hydrogen-bond acceptors (Lipinski definition) is 5. The molecule has 1 atom stereocenters. The Hall–Kier alpha value is -2.93. The van der Waals surface area contributed by atoms with Crippen LogP contribution < -0.4 is 10.1 Å². The molecule has 0 aliphatic heterocycles. The van der Waals surface area contributed by atoms with E-state index in [0.29, 0.717) is 12.5 Å². The van der Waals surface area contributed by atoms with Crippen LogP contribution in [0.1, 0.15) is 43.1 Å². The van der Waals surface area contributed by atoms with E-state index in [1.807, 2.05) is 51.1 Å². The number of aliphatic carboxylic acids is 1. The third-order valence-corrected chi connectivity index (χ3v) is 3.77. The number of carboxylic acid groups (broad SMARTS) is 1. The number of ether oxygens (including phenoxy) is 2. The SMILES string of the molecule is CC(C)(C)OCCC(NC(=O)c1ccc(OCc2ccccc2)nc1)C(=O)O. The van der Waals surface area contributed by atoms with Crippen molar-refractivity contribution < 1.29 is 24.2 Å². The highest BCUT2D eigenvalue weighted by Crippen LogP contribution is 2.12. The Morgan fingerprint density at radius 3 is 2.43 bits per heavy atom. The summed E-state index contributed by atoms with van der Waals surface area (Å²) in [4.78, 5) is 27.8. The highest BCUT2D eigenvalue weighted by Gasteiger charge is 2.22. The number of hydrogen-bond donors (Lipinski definition) is 2. The zero-order valence-corrected chi connectivity index (χ0v) is 16.3. The summed E-state index contributed by atoms with van der Waals surface area (Å²) in [5.74, 6) is -1.24. The number of carbonyl (C=O) groups is 2. The molecule has 0 aliphatic rings. The molecule has 2 rings (SSSR count). The molecule has 0 spiro atoms. The van der Waals surface area contributed by atoms with Crippen molar-refractivity contribution in [1.82, 2.24) is 10.3 Å². The van der Waals surface area contributed by atoms with E-state index in [1.165, 1.54) is 6.20 Å². The number of nitrogens with one attached hydrogen (secondary N) is 1. The summed E-state index contributed by atoms with van der Waals surface area (Å²) in [5.41, 5.74) is 0.898. The van der Waals surface area contributed by atoms with E-state index >= 15 is 0 Å². The second-order valence-corrected chi connectivity index (χ2v) is 7.27. The van der Waals surface area contributed by atoms with Crippen LogP contribution in [-0.2, 0) is 16.1 Å². The molecule has 0 saturated carbocycles. The number of pyridine rings is 1. The quantitative estimate of drug-likeness (QED) is 0.687. The first-order valence-corrected chi connectivity index (χ1v) is 9.05. The number of benzene rings is 1. The van der Waals surface area contributed by atoms with E-state index < -0.39 is 17.9 Å². The zero-order chi connectivity index (χ0) is 20.6. The fourth-order valence-electron chi connectivity index (χ4n) is 2.31. The summed E-state index contributed by atoms with van der Waals surface area (Å²) in [6.07, 6.45) is 1.53. The van der Waals surface area contributed by atoms with Crippen molar-refractivity contribution in [3.05, 3.63) is 59.8 Å². The maximum atomic E-state index is 12.3. The van der Waals surface area contributed by atoms with E-state index in [-0.39, 0.29) is 24.2 Å². The molecule has 0 saturated heterocycles. The number of carbonyl (C=O) groups excluding carboxylic acids is 1. The van der Waals surface area contributed by atoms with Gasteiger partial charge in [0.1, 0.15) is 12.6 Å². The van der Waals surface area contributed by atoms with Crippen molar-refractivity contribution in [1.29, 1.82) is 0 Å². The van der Waals surface area contributed by atoms with Gasteiger partial charge < -0.3 is 19.9 Å². The van der Waals surface area contributed by atoms with Crippen molar-refractivity contribution in [2.24, 2.45) is 0 Å². The summed E-state index contributed by atoms with van der Waals surface area (Å²) < 4.78 is 11.1. The number of amides is 1. The molecule has 1 heterocycles. The van der Waals surface area contributed by atoms with Crippen molar-refractivity contribution >= 4 is 11.9 Å². The smallest absolute Gasteiger partial charge is 0.326 e. The largest absolute Gasteiger partial charge is 0.480 e. The molecule has 0 radical (unpaired) electrons. The van der Waals surface area contributed by atoms with Crippen LogP contribution >= 0.6 is 0 Å². The summed E-state index contributed by atoms with van der Waals surface area (Å²) in [5, 5.41) is 11.8. The highest BCUT2D eigenvalue weighted by molar-refractivity contribution is 5.96. The van der Waals surface area contributed by atoms with Crippen molar-refractivity contribution in [3.8, 4) is 5.88 Å². The fourth-order valence-corrected chi connectivity index (χ4v) is 2.31. The molecule has 2 aromatic rings. The number of rotatable bonds is 9. The lowest BCUT2D eigenvalue weighted by Crippen LogP contribution is -2.42. The van der Waals surface area contributed by atoms with E-state index in [1.54, 1.807) is 12.1 Å². The first-order valence-electron chi connectivity index (χ1n) is 9.05. The number of aromatic nitrogens is 1. The molecule has 7 nitrogen and oxygen atoms in total. The molecule has 1 aromatic carbocycles. The van der Waals surface area contributed by atoms with Gasteiger partial charge in [-0.1, -0.05) is 30.3 Å². The van der Waals surface area contributed by atoms with Gasteiger partial charge in [0, 0.05) is 25.3 Å². The van der Waals surface area contributed by atoms with Gasteiger partial charge in [-0.15, -0.1) is 0 Å². The van der Waals surface area contributed by atoms with Gasteiger partial charge in [0.25, 0.3) is 5.91 Å². The summed E-state index contributed by atoms with van der Waals surface area (Å²) in [6, 6.07) is 11.7. The van der Waals surface area contributed by atoms with Gasteiger partial charge in [-0.3, -0.25) is 4.79 Å². The standard InChI is InChI=1S/C21H26N2O5/c1-21(2,3)28-12-11-17(20(25)26)23-19(24)16-9-10-18(22-13-16)27-14-15-7-5-4-6-8-15/h4-10,13,17H,11-12,14H2,1-3H3,(H,23,24)(H,25,26). The van der Waals surface area contributed by atoms with Crippen molar-refractivity contribution in [2.45, 2.75) is 45.4 Å². The van der Waals surface area contributed by atoms with Crippen LogP contribution in [0, 0.1) is 0 Å². The minimum Gasteiger partial charge on any atom is -0.480 e. The molecule has 0 fully saturated rings. The lowest BCUT2D eigenvalue weighted by molar-refractivity contribution is -0.140. The molecular formula is C21H26N2O5. The van der Waals surface area contributed by atoms with Crippen LogP contribution in [-0.4, -0.2) is 40.2 Å². The maximum Gasteiger partial charge on any atom is 0.326 e. The molecule has 150 valence electrons. The van der Waals surface area contributed by atoms with Gasteiger partial charge in [-0.05, 0) is 32.4 Å². The van der Waals surface area contributed by atoms with Crippen molar-refractivity contribution in [3.63, 3.8) is 0 Å². The minimum absolute atomic E-state index is 0.171. The van der Waals surface area contributed by atoms with Crippen LogP contribution in [0.15, 0.2) is 48.7 Å². The molecule has 0 bridgehead atoms. The topological polar surface area (TPSA) is 97.8 Å². The van der Waals surface area contributed by atoms with Crippen LogP contribution in [0.3, 0.4) is 0 Å². The van der Waals surface area contributed by atoms with E-state index in [0.717, 1.165) is 5.56 Å². The van der Waals surface area contributed by atoms with Crippen molar-refractivity contribution in [2.75, 3.05) is 6.61 Å². The van der Waals surface area contributed by atoms with Crippen LogP contribution in [0.2, 0.25) is 0 Å². The number of carboxylic acids is 1. The van der Waals surface area contributed by atoms with Crippen LogP contribution in [0.4, 0.5) is 0 Å². The Balaban J connectivity index is 1.88. The Kier molecular flexibility index (Phi) is 7.52. The van der Waals surface area contributed by atoms with E-state index in [9.17, 15) is 14.7 Å². The third-order valence-electron chi connectivity index (χ3n) is 3.77. The molecule has 7 heteroatoms. The average molecular weight is 386 g/mol. The molecule has 0 aliphatic carbocycles. The zero-order valence-electron chi connectivity index (χ0n) is 16.3. The minimum atomic E-state index is -1.11. The van der Waals surface area contributed by atoms with Crippen LogP contribution in [0.5, 0.6) is 5.88 Å². The first-order chi connectivity index (χ1) is 13.2. The van der Waals surface area contributed by atoms with Gasteiger partial charge in [0.2, 0.25) is 5.88 Å². The molecule has 28 heavy (non-hydrogen) atoms. The lowest BCUT2D eigenvalue weighted by Gasteiger charge is -2.21. The summed E-state index contributed by atoms with van der Waals surface area (Å²) in [6.45, 7) is 6.25. The Morgan fingerprint density at radius 1 is 1.14 bits per heavy atom. The van der Waals surface area contributed by atoms with Gasteiger partial charge >= 0.3 is 5.97 Å². The van der Waals surface area contributed by atoms with E-state index in [4.69, 9.17) is 9.47 Å². The van der Waals surface area contributed by atoms with E-state index in [2.05, 4.69) is 10.3 Å². The van der Waals surface area contributed by atoms with Gasteiger partial charge in [-0.2, -0.15) is 0 Å². The predicted octanol–water partition coefficient (Wildman–Crippen LogP) is 3.05. The summed E-state index contributed by atoms with van der Waals surface area (Å²) in [7, 11) is 0. The Morgan fingerprint density at radius 2 is 1.86 bits per heavy atom. The third kappa shape index (κ3) is 7.36. The van der Waals surface area contributed by atoms with Gasteiger partial charge in [0.15, 0.2) is 0 Å². The molecular weight excluding hydrogens is 360 g/mol. The molecule has 1 aromatic heterocycles. The maximum absolute atomic E-state index is 12.3. The second kappa shape index (κ2) is 9.85. The van der Waals surface area contributed by atoms with Gasteiger partial charge in [0.05, 0.1) is 11.2 Å². The monoisotopic (exact) mass is 386 g/mol. The highest BCUT2D eigenvalue weighted by atomic mass is 16.5. The molecule has 1 amide bonds.